The topological polar surface area (TPSA) is 9.23 Å². The standard InChI is InChI=1S/C21H28F2O/c1-3-14-4-6-15(7-5-14)16-8-10-17(11-9-16)18-12-13-19(24-2)21(23)20(18)22/h3,12-17H,1,4-11H2,2H3. The van der Waals surface area contributed by atoms with E-state index >= 15 is 0 Å². The monoisotopic (exact) mass is 334 g/mol. The SMILES string of the molecule is C=CC1CCC(C2CCC(c3ccc(OC)c(F)c3F)CC2)CC1. The summed E-state index contributed by atoms with van der Waals surface area (Å²) in [5.41, 5.74) is 0.530. The number of ether oxygens (including phenoxy) is 1. The van der Waals surface area contributed by atoms with Crippen LogP contribution in [0.25, 0.3) is 0 Å². The molecule has 0 atom stereocenters. The Balaban J connectivity index is 1.59. The molecule has 0 amide bonds. The normalized spacial score (nSPS) is 30.8. The highest BCUT2D eigenvalue weighted by atomic mass is 19.2. The van der Waals surface area contributed by atoms with Gasteiger partial charge in [0.2, 0.25) is 5.82 Å². The molecule has 0 heterocycles. The molecule has 24 heavy (non-hydrogen) atoms. The van der Waals surface area contributed by atoms with E-state index in [1.54, 1.807) is 12.1 Å². The van der Waals surface area contributed by atoms with E-state index in [1.165, 1.54) is 32.8 Å². The summed E-state index contributed by atoms with van der Waals surface area (Å²) in [6.07, 6.45) is 11.5. The highest BCUT2D eigenvalue weighted by Gasteiger charge is 2.32. The van der Waals surface area contributed by atoms with Crippen LogP contribution in [-0.2, 0) is 0 Å². The molecule has 1 nitrogen and oxygen atoms in total. The molecule has 3 rings (SSSR count). The van der Waals surface area contributed by atoms with Gasteiger partial charge in [-0.2, -0.15) is 4.39 Å². The van der Waals surface area contributed by atoms with Gasteiger partial charge in [-0.15, -0.1) is 6.58 Å². The van der Waals surface area contributed by atoms with Crippen molar-refractivity contribution in [1.29, 1.82) is 0 Å². The number of hydrogen-bond acceptors (Lipinski definition) is 1. The molecule has 132 valence electrons. The lowest BCUT2D eigenvalue weighted by Gasteiger charge is -2.37. The summed E-state index contributed by atoms with van der Waals surface area (Å²) in [5.74, 6) is 0.853. The Morgan fingerprint density at radius 3 is 2.04 bits per heavy atom. The summed E-state index contributed by atoms with van der Waals surface area (Å²) in [6.45, 7) is 3.92. The van der Waals surface area contributed by atoms with Gasteiger partial charge >= 0.3 is 0 Å². The summed E-state index contributed by atoms with van der Waals surface area (Å²) in [7, 11) is 1.36. The Morgan fingerprint density at radius 2 is 1.50 bits per heavy atom. The Bertz CT molecular complexity index is 567. The lowest BCUT2D eigenvalue weighted by atomic mass is 9.68. The van der Waals surface area contributed by atoms with Crippen molar-refractivity contribution < 1.29 is 13.5 Å². The molecule has 0 saturated heterocycles. The van der Waals surface area contributed by atoms with Gasteiger partial charge in [-0.1, -0.05) is 12.1 Å². The fraction of sp³-hybridized carbons (Fsp3) is 0.619. The third-order valence-electron chi connectivity index (χ3n) is 6.32. The van der Waals surface area contributed by atoms with E-state index < -0.39 is 11.6 Å². The molecule has 2 saturated carbocycles. The predicted molar refractivity (Wildman–Crippen MR) is 93.3 cm³/mol. The highest BCUT2D eigenvalue weighted by molar-refractivity contribution is 5.33. The smallest absolute Gasteiger partial charge is 0.200 e. The first-order chi connectivity index (χ1) is 11.6. The largest absolute Gasteiger partial charge is 0.494 e. The Labute approximate surface area is 144 Å². The maximum absolute atomic E-state index is 14.3. The number of methoxy groups -OCH3 is 1. The van der Waals surface area contributed by atoms with Crippen molar-refractivity contribution in [3.8, 4) is 5.75 Å². The van der Waals surface area contributed by atoms with E-state index in [9.17, 15) is 8.78 Å². The zero-order chi connectivity index (χ0) is 17.1. The third kappa shape index (κ3) is 3.50. The first-order valence-corrected chi connectivity index (χ1v) is 9.28. The average Bonchev–Trinajstić information content (AvgIpc) is 2.64. The van der Waals surface area contributed by atoms with E-state index in [4.69, 9.17) is 4.74 Å². The first kappa shape index (κ1) is 17.4. The second kappa shape index (κ2) is 7.67. The quantitative estimate of drug-likeness (QED) is 0.592. The average molecular weight is 334 g/mol. The first-order valence-electron chi connectivity index (χ1n) is 9.28. The zero-order valence-electron chi connectivity index (χ0n) is 14.6. The Hall–Kier alpha value is -1.38. The predicted octanol–water partition coefficient (Wildman–Crippen LogP) is 6.24. The van der Waals surface area contributed by atoms with Crippen LogP contribution in [0.5, 0.6) is 5.75 Å². The summed E-state index contributed by atoms with van der Waals surface area (Å²) >= 11 is 0. The van der Waals surface area contributed by atoms with Crippen LogP contribution in [-0.4, -0.2) is 7.11 Å². The zero-order valence-corrected chi connectivity index (χ0v) is 14.6. The minimum atomic E-state index is -0.847. The molecule has 0 aliphatic heterocycles. The van der Waals surface area contributed by atoms with Gasteiger partial charge in [-0.25, -0.2) is 4.39 Å². The summed E-state index contributed by atoms with van der Waals surface area (Å²) < 4.78 is 33.1. The summed E-state index contributed by atoms with van der Waals surface area (Å²) in [5, 5.41) is 0. The van der Waals surface area contributed by atoms with E-state index in [1.807, 2.05) is 0 Å². The molecule has 2 fully saturated rings. The molecular formula is C21H28F2O. The highest BCUT2D eigenvalue weighted by Crippen LogP contribution is 2.44. The molecule has 3 heteroatoms. The van der Waals surface area contributed by atoms with E-state index in [0.29, 0.717) is 11.5 Å². The molecule has 0 aromatic heterocycles. The van der Waals surface area contributed by atoms with Crippen LogP contribution >= 0.6 is 0 Å². The molecule has 2 aliphatic rings. The summed E-state index contributed by atoms with van der Waals surface area (Å²) in [4.78, 5) is 0. The second-order valence-corrected chi connectivity index (χ2v) is 7.51. The van der Waals surface area contributed by atoms with Gasteiger partial charge in [-0.05, 0) is 86.7 Å². The number of rotatable bonds is 4. The second-order valence-electron chi connectivity index (χ2n) is 7.51. The van der Waals surface area contributed by atoms with Gasteiger partial charge in [0, 0.05) is 0 Å². The molecule has 2 aliphatic carbocycles. The van der Waals surface area contributed by atoms with Crippen molar-refractivity contribution in [3.05, 3.63) is 42.0 Å². The Morgan fingerprint density at radius 1 is 0.917 bits per heavy atom. The van der Waals surface area contributed by atoms with Crippen LogP contribution in [0.3, 0.4) is 0 Å². The van der Waals surface area contributed by atoms with Crippen molar-refractivity contribution in [3.63, 3.8) is 0 Å². The van der Waals surface area contributed by atoms with Gasteiger partial charge in [0.15, 0.2) is 11.6 Å². The van der Waals surface area contributed by atoms with Gasteiger partial charge in [0.1, 0.15) is 0 Å². The summed E-state index contributed by atoms with van der Waals surface area (Å²) in [6, 6.07) is 3.26. The minimum absolute atomic E-state index is 0.0103. The maximum Gasteiger partial charge on any atom is 0.200 e. The fourth-order valence-electron chi connectivity index (χ4n) is 4.77. The molecule has 1 aromatic rings. The van der Waals surface area contributed by atoms with Crippen molar-refractivity contribution in [2.45, 2.75) is 57.3 Å². The molecular weight excluding hydrogens is 306 g/mol. The third-order valence-corrected chi connectivity index (χ3v) is 6.32. The Kier molecular flexibility index (Phi) is 5.57. The lowest BCUT2D eigenvalue weighted by molar-refractivity contribution is 0.170. The molecule has 0 N–H and O–H groups in total. The molecule has 0 radical (unpaired) electrons. The van der Waals surface area contributed by atoms with E-state index in [2.05, 4.69) is 12.7 Å². The molecule has 0 bridgehead atoms. The van der Waals surface area contributed by atoms with Gasteiger partial charge in [0.25, 0.3) is 0 Å². The van der Waals surface area contributed by atoms with Gasteiger partial charge in [-0.3, -0.25) is 0 Å². The number of hydrogen-bond donors (Lipinski definition) is 0. The van der Waals surface area contributed by atoms with Gasteiger partial charge in [0.05, 0.1) is 7.11 Å². The maximum atomic E-state index is 14.3. The van der Waals surface area contributed by atoms with Crippen LogP contribution in [0.15, 0.2) is 24.8 Å². The fourth-order valence-corrected chi connectivity index (χ4v) is 4.77. The minimum Gasteiger partial charge on any atom is -0.494 e. The molecule has 0 unspecified atom stereocenters. The van der Waals surface area contributed by atoms with Crippen molar-refractivity contribution in [2.75, 3.05) is 7.11 Å². The van der Waals surface area contributed by atoms with E-state index in [0.717, 1.165) is 37.5 Å². The van der Waals surface area contributed by atoms with E-state index in [-0.39, 0.29) is 11.7 Å². The lowest BCUT2D eigenvalue weighted by Crippen LogP contribution is -2.25. The van der Waals surface area contributed by atoms with Crippen LogP contribution in [0, 0.1) is 29.4 Å². The van der Waals surface area contributed by atoms with Crippen LogP contribution in [0.1, 0.15) is 62.8 Å². The van der Waals surface area contributed by atoms with Crippen LogP contribution < -0.4 is 4.74 Å². The van der Waals surface area contributed by atoms with Gasteiger partial charge < -0.3 is 4.74 Å². The number of allylic oxidation sites excluding steroid dienone is 1. The number of halogens is 2. The molecule has 1 aromatic carbocycles. The van der Waals surface area contributed by atoms with Crippen molar-refractivity contribution in [2.24, 2.45) is 17.8 Å². The van der Waals surface area contributed by atoms with Crippen molar-refractivity contribution >= 4 is 0 Å². The number of benzene rings is 1. The van der Waals surface area contributed by atoms with Crippen molar-refractivity contribution in [1.82, 2.24) is 0 Å². The molecule has 0 spiro atoms. The van der Waals surface area contributed by atoms with Crippen LogP contribution in [0.2, 0.25) is 0 Å². The van der Waals surface area contributed by atoms with Crippen LogP contribution in [0.4, 0.5) is 8.78 Å².